The molecule has 1 aromatic rings. The van der Waals surface area contributed by atoms with Crippen LogP contribution in [0.5, 0.6) is 0 Å². The first-order chi connectivity index (χ1) is 5.75. The van der Waals surface area contributed by atoms with E-state index in [9.17, 15) is 4.79 Å². The van der Waals surface area contributed by atoms with E-state index in [-0.39, 0.29) is 11.3 Å². The highest BCUT2D eigenvalue weighted by atomic mass is 35.5. The lowest BCUT2D eigenvalue weighted by Gasteiger charge is -1.92. The highest BCUT2D eigenvalue weighted by Crippen LogP contribution is 2.18. The van der Waals surface area contributed by atoms with Crippen LogP contribution in [0.3, 0.4) is 0 Å². The first-order valence-corrected chi connectivity index (χ1v) is 3.52. The third-order valence-electron chi connectivity index (χ3n) is 1.28. The highest BCUT2D eigenvalue weighted by Gasteiger charge is 2.12. The van der Waals surface area contributed by atoms with Gasteiger partial charge < -0.3 is 0 Å². The van der Waals surface area contributed by atoms with Gasteiger partial charge in [-0.2, -0.15) is 0 Å². The molecule has 0 saturated carbocycles. The minimum Gasteiger partial charge on any atom is -0.220 e. The molecule has 0 atom stereocenters. The molecule has 4 nitrogen and oxygen atoms in total. The summed E-state index contributed by atoms with van der Waals surface area (Å²) in [4.78, 5) is 13.3. The van der Waals surface area contributed by atoms with Crippen LogP contribution in [0.2, 0.25) is 0 Å². The Kier molecular flexibility index (Phi) is 2.69. The van der Waals surface area contributed by atoms with E-state index in [4.69, 9.17) is 5.53 Å². The largest absolute Gasteiger partial charge is 0.431 e. The topological polar surface area (TPSA) is 65.8 Å². The van der Waals surface area contributed by atoms with Gasteiger partial charge in [0.25, 0.3) is 0 Å². The maximum atomic E-state index is 10.8. The molecule has 1 aromatic carbocycles. The molecule has 0 amide bonds. The Labute approximate surface area is 73.4 Å². The number of benzene rings is 1. The predicted molar refractivity (Wildman–Crippen MR) is 41.0 cm³/mol. The highest BCUT2D eigenvalue weighted by molar-refractivity contribution is 5.91. The third-order valence-corrected chi connectivity index (χ3v) is 1.50. The van der Waals surface area contributed by atoms with Crippen LogP contribution < -0.4 is 0 Å². The SMILES string of the molecule is [N-]=[N+]=Nc1ccccc1C(=O)[ClH+]. The van der Waals surface area contributed by atoms with Crippen molar-refractivity contribution in [2.45, 2.75) is 0 Å². The summed E-state index contributed by atoms with van der Waals surface area (Å²) in [5, 5.41) is 2.81. The van der Waals surface area contributed by atoms with Gasteiger partial charge in [0.2, 0.25) is 0 Å². The molecule has 0 unspecified atom stereocenters. The zero-order valence-corrected chi connectivity index (χ0v) is 6.78. The monoisotopic (exact) mass is 182 g/mol. The summed E-state index contributed by atoms with van der Waals surface area (Å²) in [6.07, 6.45) is 0. The van der Waals surface area contributed by atoms with E-state index in [0.29, 0.717) is 0 Å². The number of nitrogens with zero attached hydrogens (tertiary/aromatic N) is 3. The summed E-state index contributed by atoms with van der Waals surface area (Å²) in [5.41, 5.74) is 8.69. The number of hydrogen-bond acceptors (Lipinski definition) is 2. The standard InChI is InChI=1S/C7H5ClN3O/c8-7(12)5-3-1-2-4-6(5)10-11-9/h1-4,8H/q+1. The van der Waals surface area contributed by atoms with E-state index in [1.165, 1.54) is 6.07 Å². The van der Waals surface area contributed by atoms with Gasteiger partial charge in [-0.05, 0) is 11.6 Å². The molecule has 5 heteroatoms. The van der Waals surface area contributed by atoms with Gasteiger partial charge in [0.05, 0.1) is 11.3 Å². The van der Waals surface area contributed by atoms with Gasteiger partial charge in [0, 0.05) is 4.91 Å². The quantitative estimate of drug-likeness (QED) is 0.299. The number of halogens is 1. The van der Waals surface area contributed by atoms with Gasteiger partial charge in [0.15, 0.2) is 11.6 Å². The normalized spacial score (nSPS) is 8.75. The molecule has 0 aliphatic heterocycles. The fourth-order valence-electron chi connectivity index (χ4n) is 0.782. The predicted octanol–water partition coefficient (Wildman–Crippen LogP) is 2.05. The minimum atomic E-state index is -0.516. The van der Waals surface area contributed by atoms with Gasteiger partial charge in [-0.3, -0.25) is 0 Å². The average molecular weight is 183 g/mol. The zero-order valence-electron chi connectivity index (χ0n) is 5.97. The van der Waals surface area contributed by atoms with Gasteiger partial charge in [-0.15, -0.1) is 0 Å². The van der Waals surface area contributed by atoms with Crippen LogP contribution in [0.1, 0.15) is 10.4 Å². The van der Waals surface area contributed by atoms with Crippen LogP contribution >= 0.6 is 0 Å². The van der Waals surface area contributed by atoms with Crippen molar-refractivity contribution in [3.63, 3.8) is 0 Å². The molecular weight excluding hydrogens is 178 g/mol. The molecule has 0 aromatic heterocycles. The maximum Gasteiger partial charge on any atom is 0.431 e. The van der Waals surface area contributed by atoms with Crippen LogP contribution in [0.4, 0.5) is 5.69 Å². The number of carbonyl (C=O) groups is 1. The van der Waals surface area contributed by atoms with Gasteiger partial charge in [0.1, 0.15) is 0 Å². The fourth-order valence-corrected chi connectivity index (χ4v) is 0.954. The van der Waals surface area contributed by atoms with Gasteiger partial charge in [-0.25, -0.2) is 4.79 Å². The third kappa shape index (κ3) is 1.75. The molecule has 0 bridgehead atoms. The van der Waals surface area contributed by atoms with E-state index in [0.717, 1.165) is 0 Å². The fraction of sp³-hybridized carbons (Fsp3) is 0. The lowest BCUT2D eigenvalue weighted by molar-refractivity contribution is -0.254. The molecule has 0 saturated heterocycles. The molecule has 0 spiro atoms. The van der Waals surface area contributed by atoms with Crippen LogP contribution in [0, 0.1) is 11.6 Å². The molecular formula is C7H5ClN3O+. The summed E-state index contributed by atoms with van der Waals surface area (Å²) in [6.45, 7) is 0. The van der Waals surface area contributed by atoms with Crippen molar-refractivity contribution in [2.75, 3.05) is 0 Å². The van der Waals surface area contributed by atoms with E-state index in [1.807, 2.05) is 0 Å². The minimum absolute atomic E-state index is 0.269. The van der Waals surface area contributed by atoms with Crippen LogP contribution in [-0.4, -0.2) is 5.24 Å². The molecule has 1 rings (SSSR count). The first-order valence-electron chi connectivity index (χ1n) is 3.11. The van der Waals surface area contributed by atoms with Crippen molar-refractivity contribution in [3.8, 4) is 0 Å². The lowest BCUT2D eigenvalue weighted by Crippen LogP contribution is -1.91. The Morgan fingerprint density at radius 3 is 2.75 bits per heavy atom. The van der Waals surface area contributed by atoms with Gasteiger partial charge in [-0.1, -0.05) is 23.3 Å². The number of rotatable bonds is 2. The van der Waals surface area contributed by atoms with E-state index < -0.39 is 5.24 Å². The second-order valence-electron chi connectivity index (χ2n) is 1.99. The van der Waals surface area contributed by atoms with Crippen molar-refractivity contribution in [1.29, 1.82) is 0 Å². The second-order valence-corrected chi connectivity index (χ2v) is 2.36. The zero-order chi connectivity index (χ0) is 8.97. The molecule has 0 aliphatic rings. The Morgan fingerprint density at radius 2 is 2.17 bits per heavy atom. The van der Waals surface area contributed by atoms with Crippen LogP contribution in [-0.2, 0) is 0 Å². The summed E-state index contributed by atoms with van der Waals surface area (Å²) in [6, 6.07) is 6.40. The Hall–Kier alpha value is -1.51. The first kappa shape index (κ1) is 8.59. The van der Waals surface area contributed by atoms with Crippen molar-refractivity contribution < 1.29 is 16.4 Å². The van der Waals surface area contributed by atoms with E-state index in [2.05, 4.69) is 21.6 Å². The summed E-state index contributed by atoms with van der Waals surface area (Å²) < 4.78 is 0. The number of carbonyl (C=O) groups excluding carboxylic acids is 1. The average Bonchev–Trinajstić information content (AvgIpc) is 2.05. The lowest BCUT2D eigenvalue weighted by atomic mass is 10.2. The maximum absolute atomic E-state index is 10.8. The number of azide groups is 1. The summed E-state index contributed by atoms with van der Waals surface area (Å²) >= 11 is 4.42. The van der Waals surface area contributed by atoms with E-state index >= 15 is 0 Å². The molecule has 0 radical (unpaired) electrons. The Bertz CT molecular complexity index is 336. The van der Waals surface area contributed by atoms with Crippen molar-refractivity contribution >= 4 is 10.9 Å². The van der Waals surface area contributed by atoms with Crippen molar-refractivity contribution in [1.82, 2.24) is 0 Å². The van der Waals surface area contributed by atoms with Crippen molar-refractivity contribution in [2.24, 2.45) is 5.11 Å². The van der Waals surface area contributed by atoms with Crippen molar-refractivity contribution in [3.05, 3.63) is 40.3 Å². The smallest absolute Gasteiger partial charge is 0.220 e. The molecule has 0 heterocycles. The molecule has 0 N–H and O–H groups in total. The molecule has 60 valence electrons. The molecule has 12 heavy (non-hydrogen) atoms. The molecule has 0 fully saturated rings. The number of hydrogen-bond donors (Lipinski definition) is 0. The van der Waals surface area contributed by atoms with E-state index in [1.54, 1.807) is 18.2 Å². The van der Waals surface area contributed by atoms with Crippen LogP contribution in [0.25, 0.3) is 10.4 Å². The summed E-state index contributed by atoms with van der Waals surface area (Å²) in [5.74, 6) is 0. The summed E-state index contributed by atoms with van der Waals surface area (Å²) in [7, 11) is 0. The Morgan fingerprint density at radius 1 is 1.50 bits per heavy atom. The second kappa shape index (κ2) is 3.76. The molecule has 0 aliphatic carbocycles. The van der Waals surface area contributed by atoms with Gasteiger partial charge >= 0.3 is 5.24 Å². The van der Waals surface area contributed by atoms with Crippen LogP contribution in [0.15, 0.2) is 29.4 Å². The Balaban J connectivity index is 3.26.